The van der Waals surface area contributed by atoms with Crippen LogP contribution in [-0.4, -0.2) is 29.9 Å². The molecule has 0 saturated carbocycles. The molecule has 0 saturated heterocycles. The topological polar surface area (TPSA) is 58.4 Å². The average Bonchev–Trinajstić information content (AvgIpc) is 2.37. The van der Waals surface area contributed by atoms with Crippen molar-refractivity contribution in [2.24, 2.45) is 0 Å². The molecule has 1 unspecified atom stereocenters. The maximum absolute atomic E-state index is 11.9. The Morgan fingerprint density at radius 3 is 2.61 bits per heavy atom. The third-order valence-corrected chi connectivity index (χ3v) is 3.20. The van der Waals surface area contributed by atoms with E-state index < -0.39 is 0 Å². The van der Waals surface area contributed by atoms with Gasteiger partial charge in [-0.05, 0) is 32.0 Å². The summed E-state index contributed by atoms with van der Waals surface area (Å²) in [5.41, 5.74) is 7.07. The number of amides is 1. The fraction of sp³-hybridized carbons (Fsp3) is 0.500. The van der Waals surface area contributed by atoms with E-state index >= 15 is 0 Å². The van der Waals surface area contributed by atoms with Crippen LogP contribution >= 0.6 is 0 Å². The van der Waals surface area contributed by atoms with Gasteiger partial charge < -0.3 is 11.1 Å². The van der Waals surface area contributed by atoms with Gasteiger partial charge in [0.2, 0.25) is 5.91 Å². The van der Waals surface area contributed by atoms with E-state index in [1.807, 2.05) is 18.2 Å². The lowest BCUT2D eigenvalue weighted by Gasteiger charge is -2.26. The lowest BCUT2D eigenvalue weighted by molar-refractivity contribution is -0.117. The first-order chi connectivity index (χ1) is 8.58. The highest BCUT2D eigenvalue weighted by atomic mass is 16.2. The van der Waals surface area contributed by atoms with Crippen molar-refractivity contribution < 1.29 is 4.79 Å². The Morgan fingerprint density at radius 1 is 1.39 bits per heavy atom. The van der Waals surface area contributed by atoms with Gasteiger partial charge >= 0.3 is 0 Å². The fourth-order valence-electron chi connectivity index (χ4n) is 1.82. The van der Waals surface area contributed by atoms with Gasteiger partial charge in [0.05, 0.1) is 17.9 Å². The molecule has 0 bridgehead atoms. The predicted octanol–water partition coefficient (Wildman–Crippen LogP) is 2.33. The molecule has 0 aliphatic rings. The van der Waals surface area contributed by atoms with Crippen LogP contribution in [0, 0.1) is 0 Å². The largest absolute Gasteiger partial charge is 0.397 e. The van der Waals surface area contributed by atoms with E-state index in [1.165, 1.54) is 0 Å². The van der Waals surface area contributed by atoms with Crippen LogP contribution in [0.15, 0.2) is 24.3 Å². The summed E-state index contributed by atoms with van der Waals surface area (Å²) in [6, 6.07) is 7.71. The van der Waals surface area contributed by atoms with Gasteiger partial charge in [-0.3, -0.25) is 9.69 Å². The van der Waals surface area contributed by atoms with Gasteiger partial charge in [-0.2, -0.15) is 0 Å². The number of benzene rings is 1. The van der Waals surface area contributed by atoms with Crippen LogP contribution in [0.1, 0.15) is 27.2 Å². The monoisotopic (exact) mass is 249 g/mol. The second-order valence-electron chi connectivity index (χ2n) is 4.46. The molecule has 1 aromatic carbocycles. The van der Waals surface area contributed by atoms with Crippen LogP contribution in [0.2, 0.25) is 0 Å². The predicted molar refractivity (Wildman–Crippen MR) is 76.5 cm³/mol. The van der Waals surface area contributed by atoms with E-state index in [2.05, 4.69) is 31.0 Å². The zero-order chi connectivity index (χ0) is 13.5. The normalized spacial score (nSPS) is 12.4. The van der Waals surface area contributed by atoms with E-state index in [4.69, 9.17) is 5.73 Å². The van der Waals surface area contributed by atoms with Crippen LogP contribution in [0.5, 0.6) is 0 Å². The van der Waals surface area contributed by atoms with Crippen molar-refractivity contribution in [2.75, 3.05) is 24.1 Å². The number of hydrogen-bond donors (Lipinski definition) is 2. The number of nitrogens with two attached hydrogens (primary N) is 1. The molecule has 4 nitrogen and oxygen atoms in total. The minimum absolute atomic E-state index is 0.0185. The molecule has 100 valence electrons. The number of carbonyl (C=O) groups excluding carboxylic acids is 1. The van der Waals surface area contributed by atoms with Gasteiger partial charge in [-0.15, -0.1) is 0 Å². The Bertz CT molecular complexity index is 392. The highest BCUT2D eigenvalue weighted by Crippen LogP contribution is 2.16. The smallest absolute Gasteiger partial charge is 0.238 e. The summed E-state index contributed by atoms with van der Waals surface area (Å²) in [5, 5.41) is 2.85. The summed E-state index contributed by atoms with van der Waals surface area (Å²) in [6.45, 7) is 7.59. The van der Waals surface area contributed by atoms with E-state index in [-0.39, 0.29) is 5.91 Å². The maximum atomic E-state index is 11.9. The minimum atomic E-state index is -0.0185. The van der Waals surface area contributed by atoms with Gasteiger partial charge in [0.1, 0.15) is 0 Å². The molecule has 0 heterocycles. The Morgan fingerprint density at radius 2 is 2.06 bits per heavy atom. The van der Waals surface area contributed by atoms with Crippen molar-refractivity contribution in [3.8, 4) is 0 Å². The van der Waals surface area contributed by atoms with Gasteiger partial charge in [0.15, 0.2) is 0 Å². The molecular weight excluding hydrogens is 226 g/mol. The first-order valence-corrected chi connectivity index (χ1v) is 6.46. The number of anilines is 2. The number of para-hydroxylation sites is 2. The SMILES string of the molecule is CCC(C)N(CC)CC(=O)Nc1ccccc1N. The van der Waals surface area contributed by atoms with E-state index in [9.17, 15) is 4.79 Å². The van der Waals surface area contributed by atoms with Crippen LogP contribution in [0.4, 0.5) is 11.4 Å². The third-order valence-electron chi connectivity index (χ3n) is 3.20. The lowest BCUT2D eigenvalue weighted by Crippen LogP contribution is -2.39. The number of rotatable bonds is 6. The molecule has 1 aromatic rings. The number of hydrogen-bond acceptors (Lipinski definition) is 3. The highest BCUT2D eigenvalue weighted by molar-refractivity contribution is 5.95. The van der Waals surface area contributed by atoms with Crippen molar-refractivity contribution in [3.63, 3.8) is 0 Å². The molecule has 0 aliphatic carbocycles. The molecule has 1 amide bonds. The number of nitrogen functional groups attached to an aromatic ring is 1. The molecule has 18 heavy (non-hydrogen) atoms. The van der Waals surface area contributed by atoms with Crippen molar-refractivity contribution in [1.29, 1.82) is 0 Å². The molecule has 0 radical (unpaired) electrons. The number of nitrogens with zero attached hydrogens (tertiary/aromatic N) is 1. The molecule has 3 N–H and O–H groups in total. The van der Waals surface area contributed by atoms with Crippen LogP contribution in [0.25, 0.3) is 0 Å². The van der Waals surface area contributed by atoms with Gasteiger partial charge in [0, 0.05) is 6.04 Å². The second kappa shape index (κ2) is 7.01. The maximum Gasteiger partial charge on any atom is 0.238 e. The van der Waals surface area contributed by atoms with Crippen LogP contribution < -0.4 is 11.1 Å². The van der Waals surface area contributed by atoms with Crippen LogP contribution in [-0.2, 0) is 4.79 Å². The first kappa shape index (κ1) is 14.5. The number of likely N-dealkylation sites (N-methyl/N-ethyl adjacent to an activating group) is 1. The van der Waals surface area contributed by atoms with E-state index in [0.29, 0.717) is 24.0 Å². The molecular formula is C14H23N3O. The summed E-state index contributed by atoms with van der Waals surface area (Å²) >= 11 is 0. The molecule has 4 heteroatoms. The summed E-state index contributed by atoms with van der Waals surface area (Å²) in [5.74, 6) is -0.0185. The molecule has 1 atom stereocenters. The van der Waals surface area contributed by atoms with Crippen molar-refractivity contribution in [3.05, 3.63) is 24.3 Å². The Hall–Kier alpha value is -1.55. The third kappa shape index (κ3) is 4.04. The number of nitrogens with one attached hydrogen (secondary N) is 1. The molecule has 1 rings (SSSR count). The van der Waals surface area contributed by atoms with Crippen molar-refractivity contribution in [2.45, 2.75) is 33.2 Å². The highest BCUT2D eigenvalue weighted by Gasteiger charge is 2.14. The summed E-state index contributed by atoms with van der Waals surface area (Å²) in [7, 11) is 0. The van der Waals surface area contributed by atoms with E-state index in [0.717, 1.165) is 13.0 Å². The summed E-state index contributed by atoms with van der Waals surface area (Å²) < 4.78 is 0. The molecule has 0 spiro atoms. The molecule has 0 aromatic heterocycles. The van der Waals surface area contributed by atoms with Gasteiger partial charge in [-0.1, -0.05) is 26.0 Å². The minimum Gasteiger partial charge on any atom is -0.397 e. The lowest BCUT2D eigenvalue weighted by atomic mass is 10.2. The fourth-order valence-corrected chi connectivity index (χ4v) is 1.82. The Balaban J connectivity index is 2.58. The quantitative estimate of drug-likeness (QED) is 0.761. The zero-order valence-electron chi connectivity index (χ0n) is 11.4. The Kier molecular flexibility index (Phi) is 5.65. The van der Waals surface area contributed by atoms with Gasteiger partial charge in [0.25, 0.3) is 0 Å². The first-order valence-electron chi connectivity index (χ1n) is 6.46. The second-order valence-corrected chi connectivity index (χ2v) is 4.46. The summed E-state index contributed by atoms with van der Waals surface area (Å²) in [6.07, 6.45) is 1.04. The average molecular weight is 249 g/mol. The van der Waals surface area contributed by atoms with Crippen molar-refractivity contribution in [1.82, 2.24) is 4.90 Å². The number of carbonyl (C=O) groups is 1. The molecule has 0 aliphatic heterocycles. The van der Waals surface area contributed by atoms with E-state index in [1.54, 1.807) is 6.07 Å². The zero-order valence-corrected chi connectivity index (χ0v) is 11.4. The standard InChI is InChI=1S/C14H23N3O/c1-4-11(3)17(5-2)10-14(18)16-13-9-7-6-8-12(13)15/h6-9,11H,4-5,10,15H2,1-3H3,(H,16,18). The molecule has 0 fully saturated rings. The van der Waals surface area contributed by atoms with Gasteiger partial charge in [-0.25, -0.2) is 0 Å². The Labute approximate surface area is 109 Å². The summed E-state index contributed by atoms with van der Waals surface area (Å²) in [4.78, 5) is 14.1. The van der Waals surface area contributed by atoms with Crippen LogP contribution in [0.3, 0.4) is 0 Å². The van der Waals surface area contributed by atoms with Crippen molar-refractivity contribution >= 4 is 17.3 Å².